The summed E-state index contributed by atoms with van der Waals surface area (Å²) in [5, 5.41) is 12.6. The Morgan fingerprint density at radius 1 is 1.36 bits per heavy atom. The largest absolute Gasteiger partial charge is 0.401 e. The van der Waals surface area contributed by atoms with Crippen LogP contribution in [-0.4, -0.2) is 16.8 Å². The third-order valence-corrected chi connectivity index (χ3v) is 4.32. The molecule has 6 nitrogen and oxygen atoms in total. The van der Waals surface area contributed by atoms with Gasteiger partial charge in [0.2, 0.25) is 5.90 Å². The number of thiophene rings is 1. The summed E-state index contributed by atoms with van der Waals surface area (Å²) in [6, 6.07) is 8.10. The first-order chi connectivity index (χ1) is 10.5. The van der Waals surface area contributed by atoms with E-state index in [9.17, 15) is 14.9 Å². The maximum absolute atomic E-state index is 11.8. The molecular weight excluding hydrogens is 372 g/mol. The highest BCUT2D eigenvalue weighted by atomic mass is 79.9. The Hall–Kier alpha value is -2.32. The van der Waals surface area contributed by atoms with Crippen LogP contribution < -0.4 is 0 Å². The fourth-order valence-electron chi connectivity index (χ4n) is 1.83. The molecule has 0 atom stereocenters. The molecule has 0 spiro atoms. The number of halogens is 1. The Bertz CT molecular complexity index is 827. The molecular formula is C14H7BrN2O4S. The Labute approximate surface area is 137 Å². The van der Waals surface area contributed by atoms with Crippen molar-refractivity contribution in [2.45, 2.75) is 0 Å². The maximum Gasteiger partial charge on any atom is 0.363 e. The Balaban J connectivity index is 1.93. The second-order valence-electron chi connectivity index (χ2n) is 4.28. The topological polar surface area (TPSA) is 81.8 Å². The van der Waals surface area contributed by atoms with Crippen LogP contribution in [0.2, 0.25) is 0 Å². The normalized spacial score (nSPS) is 15.8. The van der Waals surface area contributed by atoms with Crippen LogP contribution in [0, 0.1) is 10.1 Å². The van der Waals surface area contributed by atoms with E-state index in [-0.39, 0.29) is 17.3 Å². The predicted octanol–water partition coefficient (Wildman–Crippen LogP) is 3.76. The van der Waals surface area contributed by atoms with Gasteiger partial charge in [0.05, 0.1) is 14.3 Å². The lowest BCUT2D eigenvalue weighted by Crippen LogP contribution is -2.03. The molecule has 3 rings (SSSR count). The molecule has 1 aromatic heterocycles. The monoisotopic (exact) mass is 378 g/mol. The number of rotatable bonds is 3. The molecule has 0 unspecified atom stereocenters. The summed E-state index contributed by atoms with van der Waals surface area (Å²) >= 11 is 4.55. The number of nitro benzene ring substituents is 1. The summed E-state index contributed by atoms with van der Waals surface area (Å²) in [7, 11) is 0. The summed E-state index contributed by atoms with van der Waals surface area (Å²) in [5.41, 5.74) is 0.726. The summed E-state index contributed by atoms with van der Waals surface area (Å²) in [6.07, 6.45) is 1.53. The van der Waals surface area contributed by atoms with Gasteiger partial charge in [-0.25, -0.2) is 9.79 Å². The average Bonchev–Trinajstić information content (AvgIpc) is 3.09. The van der Waals surface area contributed by atoms with E-state index in [4.69, 9.17) is 4.74 Å². The molecule has 0 bridgehead atoms. The molecule has 1 aromatic carbocycles. The number of nitro groups is 1. The van der Waals surface area contributed by atoms with E-state index < -0.39 is 10.9 Å². The lowest BCUT2D eigenvalue weighted by atomic mass is 10.2. The molecule has 0 N–H and O–H groups in total. The van der Waals surface area contributed by atoms with Crippen LogP contribution in [0.4, 0.5) is 5.69 Å². The number of carbonyl (C=O) groups excluding carboxylic acids is 1. The van der Waals surface area contributed by atoms with Crippen LogP contribution in [0.1, 0.15) is 10.4 Å². The van der Waals surface area contributed by atoms with Crippen LogP contribution >= 0.6 is 27.3 Å². The SMILES string of the molecule is O=C1OC(c2cccs2)=NC1=Cc1ccc([N+](=O)[O-])c(Br)c1. The molecule has 2 heterocycles. The van der Waals surface area contributed by atoms with Gasteiger partial charge in [-0.15, -0.1) is 11.3 Å². The highest BCUT2D eigenvalue weighted by Gasteiger charge is 2.24. The number of carbonyl (C=O) groups is 1. The maximum atomic E-state index is 11.8. The van der Waals surface area contributed by atoms with Gasteiger partial charge in [0.1, 0.15) is 0 Å². The van der Waals surface area contributed by atoms with Gasteiger partial charge >= 0.3 is 5.97 Å². The number of esters is 1. The molecule has 22 heavy (non-hydrogen) atoms. The van der Waals surface area contributed by atoms with Gasteiger partial charge < -0.3 is 4.74 Å². The molecule has 110 valence electrons. The van der Waals surface area contributed by atoms with Gasteiger partial charge in [0.15, 0.2) is 5.70 Å². The number of cyclic esters (lactones) is 1. The predicted molar refractivity (Wildman–Crippen MR) is 85.7 cm³/mol. The Morgan fingerprint density at radius 3 is 2.82 bits per heavy atom. The van der Waals surface area contributed by atoms with E-state index in [1.165, 1.54) is 23.5 Å². The van der Waals surface area contributed by atoms with Crippen molar-refractivity contribution >= 4 is 50.9 Å². The van der Waals surface area contributed by atoms with Gasteiger partial charge in [-0.2, -0.15) is 0 Å². The number of nitrogens with zero attached hydrogens (tertiary/aromatic N) is 2. The van der Waals surface area contributed by atoms with Crippen molar-refractivity contribution in [3.05, 3.63) is 66.4 Å². The van der Waals surface area contributed by atoms with E-state index in [1.54, 1.807) is 12.1 Å². The third-order valence-electron chi connectivity index (χ3n) is 2.82. The highest BCUT2D eigenvalue weighted by Crippen LogP contribution is 2.27. The van der Waals surface area contributed by atoms with E-state index in [0.717, 1.165) is 4.88 Å². The molecule has 8 heteroatoms. The van der Waals surface area contributed by atoms with Gasteiger partial charge in [0, 0.05) is 6.07 Å². The lowest BCUT2D eigenvalue weighted by molar-refractivity contribution is -0.385. The molecule has 1 aliphatic rings. The van der Waals surface area contributed by atoms with Gasteiger partial charge in [-0.05, 0) is 51.1 Å². The molecule has 0 saturated heterocycles. The van der Waals surface area contributed by atoms with Gasteiger partial charge in [-0.1, -0.05) is 6.07 Å². The summed E-state index contributed by atoms with van der Waals surface area (Å²) in [5.74, 6) is -0.273. The zero-order chi connectivity index (χ0) is 15.7. The smallest absolute Gasteiger partial charge is 0.363 e. The fourth-order valence-corrected chi connectivity index (χ4v) is 3.02. The standard InChI is InChI=1S/C14H7BrN2O4S/c15-9-6-8(3-4-11(9)17(19)20)7-10-14(18)21-13(16-10)12-2-1-5-22-12/h1-7H. The lowest BCUT2D eigenvalue weighted by Gasteiger charge is -1.97. The summed E-state index contributed by atoms with van der Waals surface area (Å²) < 4.78 is 5.45. The van der Waals surface area contributed by atoms with Crippen LogP contribution in [0.25, 0.3) is 6.08 Å². The van der Waals surface area contributed by atoms with Crippen molar-refractivity contribution in [2.24, 2.45) is 4.99 Å². The van der Waals surface area contributed by atoms with Crippen molar-refractivity contribution < 1.29 is 14.5 Å². The summed E-state index contributed by atoms with van der Waals surface area (Å²) in [4.78, 5) is 27.0. The number of ether oxygens (including phenoxy) is 1. The first-order valence-electron chi connectivity index (χ1n) is 6.05. The molecule has 0 radical (unpaired) electrons. The minimum Gasteiger partial charge on any atom is -0.401 e. The van der Waals surface area contributed by atoms with Crippen LogP contribution in [0.5, 0.6) is 0 Å². The van der Waals surface area contributed by atoms with E-state index >= 15 is 0 Å². The van der Waals surface area contributed by atoms with Crippen LogP contribution in [-0.2, 0) is 9.53 Å². The minimum atomic E-state index is -0.544. The van der Waals surface area contributed by atoms with Crippen LogP contribution in [0.15, 0.2) is 50.9 Å². The van der Waals surface area contributed by atoms with E-state index in [0.29, 0.717) is 10.0 Å². The van der Waals surface area contributed by atoms with E-state index in [1.807, 2.05) is 17.5 Å². The summed E-state index contributed by atoms with van der Waals surface area (Å²) in [6.45, 7) is 0. The molecule has 0 amide bonds. The second-order valence-corrected chi connectivity index (χ2v) is 6.08. The quantitative estimate of drug-likeness (QED) is 0.352. The molecule has 0 fully saturated rings. The Morgan fingerprint density at radius 2 is 2.18 bits per heavy atom. The van der Waals surface area contributed by atoms with Crippen molar-refractivity contribution in [1.29, 1.82) is 0 Å². The first-order valence-corrected chi connectivity index (χ1v) is 7.72. The Kier molecular flexibility index (Phi) is 3.86. The third kappa shape index (κ3) is 2.83. The van der Waals surface area contributed by atoms with Gasteiger partial charge in [-0.3, -0.25) is 10.1 Å². The zero-order valence-corrected chi connectivity index (χ0v) is 13.3. The van der Waals surface area contributed by atoms with Crippen molar-refractivity contribution in [3.63, 3.8) is 0 Å². The molecule has 0 saturated carbocycles. The van der Waals surface area contributed by atoms with Crippen molar-refractivity contribution in [1.82, 2.24) is 0 Å². The molecule has 0 aliphatic carbocycles. The first kappa shape index (κ1) is 14.6. The molecule has 2 aromatic rings. The number of aliphatic imine (C=N–C) groups is 1. The number of hydrogen-bond donors (Lipinski definition) is 0. The van der Waals surface area contributed by atoms with Crippen molar-refractivity contribution in [3.8, 4) is 0 Å². The zero-order valence-electron chi connectivity index (χ0n) is 10.9. The van der Waals surface area contributed by atoms with Gasteiger partial charge in [0.25, 0.3) is 5.69 Å². The minimum absolute atomic E-state index is 0.0427. The number of hydrogen-bond acceptors (Lipinski definition) is 6. The van der Waals surface area contributed by atoms with Crippen LogP contribution in [0.3, 0.4) is 0 Å². The van der Waals surface area contributed by atoms with E-state index in [2.05, 4.69) is 20.9 Å². The molecule has 1 aliphatic heterocycles. The fraction of sp³-hybridized carbons (Fsp3) is 0. The van der Waals surface area contributed by atoms with Crippen molar-refractivity contribution in [2.75, 3.05) is 0 Å². The second kappa shape index (κ2) is 5.82. The number of benzene rings is 1. The average molecular weight is 379 g/mol. The highest BCUT2D eigenvalue weighted by molar-refractivity contribution is 9.10.